The molecule has 1 saturated carbocycles. The van der Waals surface area contributed by atoms with Crippen LogP contribution < -0.4 is 10.9 Å². The molecule has 6 nitrogen and oxygen atoms in total. The van der Waals surface area contributed by atoms with Crippen LogP contribution in [0.4, 0.5) is 0 Å². The summed E-state index contributed by atoms with van der Waals surface area (Å²) in [4.78, 5) is 28.8. The first-order valence-corrected chi connectivity index (χ1v) is 10.3. The second-order valence-corrected chi connectivity index (χ2v) is 7.99. The fraction of sp³-hybridized carbons (Fsp3) is 0.421. The van der Waals surface area contributed by atoms with Gasteiger partial charge in [0.2, 0.25) is 11.8 Å². The maximum Gasteiger partial charge on any atom is 0.258 e. The van der Waals surface area contributed by atoms with E-state index in [2.05, 4.69) is 10.3 Å². The van der Waals surface area contributed by atoms with Gasteiger partial charge in [-0.1, -0.05) is 54.4 Å². The van der Waals surface area contributed by atoms with Crippen LogP contribution in [0.25, 0.3) is 0 Å². The lowest BCUT2D eigenvalue weighted by molar-refractivity contribution is -0.119. The molecule has 1 fully saturated rings. The number of amides is 1. The normalized spacial score (nSPS) is 15.6. The van der Waals surface area contributed by atoms with Crippen molar-refractivity contribution in [1.82, 2.24) is 14.9 Å². The Kier molecular flexibility index (Phi) is 6.44. The van der Waals surface area contributed by atoms with Crippen molar-refractivity contribution in [2.24, 2.45) is 0 Å². The summed E-state index contributed by atoms with van der Waals surface area (Å²) in [6.45, 7) is 1.87. The van der Waals surface area contributed by atoms with Gasteiger partial charge in [0.1, 0.15) is 0 Å². The molecule has 1 aromatic carbocycles. The van der Waals surface area contributed by atoms with E-state index in [1.807, 2.05) is 25.1 Å². The number of halogens is 1. The minimum atomic E-state index is -0.318. The second kappa shape index (κ2) is 8.80. The number of rotatable bonds is 6. The third-order valence-corrected chi connectivity index (χ3v) is 5.97. The summed E-state index contributed by atoms with van der Waals surface area (Å²) >= 11 is 7.33. The zero-order valence-corrected chi connectivity index (χ0v) is 16.6. The topological polar surface area (TPSA) is 84.2 Å². The molecule has 1 aliphatic rings. The molecule has 1 amide bonds. The van der Waals surface area contributed by atoms with E-state index in [4.69, 9.17) is 11.6 Å². The summed E-state index contributed by atoms with van der Waals surface area (Å²) in [7, 11) is 0. The van der Waals surface area contributed by atoms with Gasteiger partial charge in [0.05, 0.1) is 17.9 Å². The lowest BCUT2D eigenvalue weighted by Crippen LogP contribution is -2.29. The summed E-state index contributed by atoms with van der Waals surface area (Å²) in [5.74, 6) is -0.415. The van der Waals surface area contributed by atoms with Crippen molar-refractivity contribution in [1.29, 1.82) is 0 Å². The average molecular weight is 408 g/mol. The highest BCUT2D eigenvalue weighted by atomic mass is 35.5. The highest BCUT2D eigenvalue weighted by molar-refractivity contribution is 7.99. The van der Waals surface area contributed by atoms with Crippen molar-refractivity contribution < 1.29 is 9.90 Å². The standard InChI is InChI=1S/C19H22ClN3O3S/c1-12(14-8-4-5-9-15(14)20)21-17(25)11-27-19-22-16(24)10-18(26)23(19)13-6-2-3-7-13/h4-5,8-10,12-13,24H,2-3,6-7,11H2,1H3,(H,21,25)/t12-/m1/s1. The summed E-state index contributed by atoms with van der Waals surface area (Å²) in [5.41, 5.74) is 0.567. The minimum absolute atomic E-state index is 0.0817. The first-order valence-electron chi connectivity index (χ1n) is 8.95. The van der Waals surface area contributed by atoms with Crippen molar-refractivity contribution in [3.8, 4) is 5.88 Å². The first-order chi connectivity index (χ1) is 13.0. The van der Waals surface area contributed by atoms with Crippen molar-refractivity contribution in [3.05, 3.63) is 51.3 Å². The number of nitrogens with one attached hydrogen (secondary N) is 1. The number of aromatic hydroxyl groups is 1. The van der Waals surface area contributed by atoms with Gasteiger partial charge in [-0.3, -0.25) is 14.2 Å². The third-order valence-electron chi connectivity index (χ3n) is 4.68. The van der Waals surface area contributed by atoms with E-state index >= 15 is 0 Å². The van der Waals surface area contributed by atoms with Gasteiger partial charge in [-0.2, -0.15) is 4.98 Å². The van der Waals surface area contributed by atoms with Crippen molar-refractivity contribution >= 4 is 29.3 Å². The third kappa shape index (κ3) is 4.84. The maximum atomic E-state index is 12.4. The molecular formula is C19H22ClN3O3S. The maximum absolute atomic E-state index is 12.4. The highest BCUT2D eigenvalue weighted by Gasteiger charge is 2.23. The summed E-state index contributed by atoms with van der Waals surface area (Å²) in [6, 6.07) is 8.34. The molecule has 0 aliphatic heterocycles. The summed E-state index contributed by atoms with van der Waals surface area (Å²) in [6.07, 6.45) is 3.96. The van der Waals surface area contributed by atoms with Crippen LogP contribution in [0, 0.1) is 0 Å². The molecule has 144 valence electrons. The zero-order chi connectivity index (χ0) is 19.4. The Morgan fingerprint density at radius 1 is 1.41 bits per heavy atom. The number of hydrogen-bond donors (Lipinski definition) is 2. The largest absolute Gasteiger partial charge is 0.493 e. The van der Waals surface area contributed by atoms with Gasteiger partial charge in [0.25, 0.3) is 5.56 Å². The molecule has 2 aromatic rings. The lowest BCUT2D eigenvalue weighted by Gasteiger charge is -2.18. The molecule has 2 N–H and O–H groups in total. The molecule has 0 unspecified atom stereocenters. The van der Waals surface area contributed by atoms with Crippen molar-refractivity contribution in [2.75, 3.05) is 5.75 Å². The summed E-state index contributed by atoms with van der Waals surface area (Å²) < 4.78 is 1.61. The van der Waals surface area contributed by atoms with Crippen LogP contribution in [0.2, 0.25) is 5.02 Å². The number of nitrogens with zero attached hydrogens (tertiary/aromatic N) is 2. The van der Waals surface area contributed by atoms with Crippen LogP contribution in [0.5, 0.6) is 5.88 Å². The Morgan fingerprint density at radius 3 is 2.81 bits per heavy atom. The number of thioether (sulfide) groups is 1. The smallest absolute Gasteiger partial charge is 0.258 e. The van der Waals surface area contributed by atoms with Crippen LogP contribution >= 0.6 is 23.4 Å². The Balaban J connectivity index is 1.68. The van der Waals surface area contributed by atoms with Gasteiger partial charge in [0.15, 0.2) is 5.16 Å². The Labute approximate surface area is 167 Å². The minimum Gasteiger partial charge on any atom is -0.493 e. The van der Waals surface area contributed by atoms with Crippen molar-refractivity contribution in [2.45, 2.75) is 49.8 Å². The van der Waals surface area contributed by atoms with Crippen molar-refractivity contribution in [3.63, 3.8) is 0 Å². The zero-order valence-electron chi connectivity index (χ0n) is 15.0. The predicted molar refractivity (Wildman–Crippen MR) is 106 cm³/mol. The fourth-order valence-electron chi connectivity index (χ4n) is 3.38. The van der Waals surface area contributed by atoms with Gasteiger partial charge in [-0.25, -0.2) is 0 Å². The molecule has 0 saturated heterocycles. The molecule has 3 rings (SSSR count). The van der Waals surface area contributed by atoms with Crippen LogP contribution in [0.1, 0.15) is 50.3 Å². The number of aromatic nitrogens is 2. The van der Waals surface area contributed by atoms with Crippen LogP contribution in [0.3, 0.4) is 0 Å². The van der Waals surface area contributed by atoms with Gasteiger partial charge in [-0.15, -0.1) is 0 Å². The van der Waals surface area contributed by atoms with Gasteiger partial charge < -0.3 is 10.4 Å². The van der Waals surface area contributed by atoms with E-state index in [1.165, 1.54) is 0 Å². The van der Waals surface area contributed by atoms with E-state index in [1.54, 1.807) is 10.6 Å². The predicted octanol–water partition coefficient (Wildman–Crippen LogP) is 3.69. The van der Waals surface area contributed by atoms with Gasteiger partial charge in [0, 0.05) is 11.1 Å². The molecule has 1 aliphatic carbocycles. The van der Waals surface area contributed by atoms with Crippen LogP contribution in [0.15, 0.2) is 40.3 Å². The van der Waals surface area contributed by atoms with E-state index in [-0.39, 0.29) is 35.2 Å². The molecule has 8 heteroatoms. The number of carbonyl (C=O) groups is 1. The SMILES string of the molecule is C[C@@H](NC(=O)CSc1nc(O)cc(=O)n1C1CCCC1)c1ccccc1Cl. The Hall–Kier alpha value is -1.99. The number of benzene rings is 1. The lowest BCUT2D eigenvalue weighted by atomic mass is 10.1. The highest BCUT2D eigenvalue weighted by Crippen LogP contribution is 2.31. The number of carbonyl (C=O) groups excluding carboxylic acids is 1. The quantitative estimate of drug-likeness (QED) is 0.563. The summed E-state index contributed by atoms with van der Waals surface area (Å²) in [5, 5.41) is 13.6. The van der Waals surface area contributed by atoms with Crippen LogP contribution in [-0.2, 0) is 4.79 Å². The number of hydrogen-bond acceptors (Lipinski definition) is 5. The van der Waals surface area contributed by atoms with E-state index in [9.17, 15) is 14.7 Å². The van der Waals surface area contributed by atoms with E-state index in [0.717, 1.165) is 49.1 Å². The Bertz CT molecular complexity index is 881. The second-order valence-electron chi connectivity index (χ2n) is 6.64. The molecule has 27 heavy (non-hydrogen) atoms. The molecule has 0 radical (unpaired) electrons. The first kappa shape index (κ1) is 19.8. The van der Waals surface area contributed by atoms with E-state index in [0.29, 0.717) is 10.2 Å². The van der Waals surface area contributed by atoms with Gasteiger partial charge >= 0.3 is 0 Å². The molecule has 0 bridgehead atoms. The fourth-order valence-corrected chi connectivity index (χ4v) is 4.56. The Morgan fingerprint density at radius 2 is 2.11 bits per heavy atom. The molecule has 1 heterocycles. The monoisotopic (exact) mass is 407 g/mol. The van der Waals surface area contributed by atoms with Gasteiger partial charge in [-0.05, 0) is 31.4 Å². The van der Waals surface area contributed by atoms with E-state index < -0.39 is 0 Å². The van der Waals surface area contributed by atoms with Crippen LogP contribution in [-0.4, -0.2) is 26.3 Å². The molecular weight excluding hydrogens is 386 g/mol. The molecule has 0 spiro atoms. The molecule has 1 atom stereocenters. The average Bonchev–Trinajstić information content (AvgIpc) is 3.13. The molecule has 1 aromatic heterocycles.